The molecule has 10 nitrogen and oxygen atoms in total. The highest BCUT2D eigenvalue weighted by Gasteiger charge is 2.53. The summed E-state index contributed by atoms with van der Waals surface area (Å²) in [7, 11) is -8.52. The summed E-state index contributed by atoms with van der Waals surface area (Å²) < 4.78 is 80.3. The Morgan fingerprint density at radius 1 is 1.05 bits per heavy atom. The molecule has 0 saturated heterocycles. The van der Waals surface area contributed by atoms with E-state index in [0.29, 0.717) is 45.8 Å². The smallest absolute Gasteiger partial charge is 0.374 e. The largest absolute Gasteiger partial charge is 0.439 e. The number of benzene rings is 3. The molecule has 3 aromatic carbocycles. The number of hydrogen-bond acceptors (Lipinski definition) is 7. The minimum absolute atomic E-state index is 0.0614. The van der Waals surface area contributed by atoms with Crippen molar-refractivity contribution >= 4 is 54.7 Å². The molecule has 224 valence electrons. The lowest BCUT2D eigenvalue weighted by Gasteiger charge is -2.18. The lowest BCUT2D eigenvalue weighted by atomic mass is 10.1. The fourth-order valence-corrected chi connectivity index (χ4v) is 6.80. The van der Waals surface area contributed by atoms with Gasteiger partial charge in [0.2, 0.25) is 11.5 Å². The predicted octanol–water partition coefficient (Wildman–Crippen LogP) is 5.49. The Labute approximate surface area is 254 Å². The monoisotopic (exact) mass is 643 g/mol. The summed E-state index contributed by atoms with van der Waals surface area (Å²) in [6, 6.07) is 19.9. The highest BCUT2D eigenvalue weighted by molar-refractivity contribution is 7.86. The first-order valence-corrected chi connectivity index (χ1v) is 17.0. The second-order valence-electron chi connectivity index (χ2n) is 10.4. The van der Waals surface area contributed by atoms with Crippen molar-refractivity contribution in [2.75, 3.05) is 10.7 Å². The van der Waals surface area contributed by atoms with E-state index >= 15 is 0 Å². The number of anilines is 1. The number of allylic oxidation sites excluding steroid dienone is 2. The van der Waals surface area contributed by atoms with Gasteiger partial charge in [-0.05, 0) is 53.8 Å². The molecular formula is C30H28ClN2O8S2+. The van der Waals surface area contributed by atoms with Gasteiger partial charge in [-0.2, -0.15) is 21.4 Å². The van der Waals surface area contributed by atoms with Gasteiger partial charge < -0.3 is 14.1 Å². The van der Waals surface area contributed by atoms with Crippen LogP contribution in [0.2, 0.25) is 5.02 Å². The predicted molar refractivity (Wildman–Crippen MR) is 163 cm³/mol. The normalized spacial score (nSPS) is 19.6. The van der Waals surface area contributed by atoms with Gasteiger partial charge >= 0.3 is 5.89 Å². The van der Waals surface area contributed by atoms with Crippen LogP contribution in [0, 0.1) is 0 Å². The maximum Gasteiger partial charge on any atom is 0.374 e. The number of oxazole rings is 1. The van der Waals surface area contributed by atoms with E-state index < -0.39 is 37.3 Å². The van der Waals surface area contributed by atoms with Gasteiger partial charge in [0.15, 0.2) is 12.3 Å². The first-order chi connectivity index (χ1) is 20.4. The highest BCUT2D eigenvalue weighted by atomic mass is 35.5. The topological polar surface area (TPSA) is 138 Å². The molecule has 1 fully saturated rings. The molecule has 2 aliphatic rings. The van der Waals surface area contributed by atoms with Gasteiger partial charge in [0, 0.05) is 17.2 Å². The van der Waals surface area contributed by atoms with Crippen LogP contribution in [0.25, 0.3) is 28.3 Å². The maximum absolute atomic E-state index is 11.9. The Morgan fingerprint density at radius 2 is 1.81 bits per heavy atom. The molecule has 1 aromatic heterocycles. The number of hydrogen-bond donors (Lipinski definition) is 2. The highest BCUT2D eigenvalue weighted by Crippen LogP contribution is 2.48. The van der Waals surface area contributed by atoms with Crippen LogP contribution in [0.1, 0.15) is 25.7 Å². The third-order valence-electron chi connectivity index (χ3n) is 7.48. The number of fused-ring (bicyclic) bond motifs is 2. The number of nitrogens with zero attached hydrogens (tertiary/aromatic N) is 2. The summed E-state index contributed by atoms with van der Waals surface area (Å²) in [6.45, 7) is 1.86. The van der Waals surface area contributed by atoms with Crippen LogP contribution in [0.3, 0.4) is 0 Å². The van der Waals surface area contributed by atoms with Crippen molar-refractivity contribution in [3.05, 3.63) is 95.2 Å². The van der Waals surface area contributed by atoms with E-state index in [0.717, 1.165) is 16.7 Å². The molecule has 13 heteroatoms. The molecule has 2 atom stereocenters. The van der Waals surface area contributed by atoms with Crippen LogP contribution >= 0.6 is 11.6 Å². The van der Waals surface area contributed by atoms with E-state index in [1.54, 1.807) is 39.8 Å². The van der Waals surface area contributed by atoms with Crippen LogP contribution in [0.4, 0.5) is 5.69 Å². The third-order valence-corrected chi connectivity index (χ3v) is 9.69. The molecule has 1 aliphatic heterocycles. The van der Waals surface area contributed by atoms with Gasteiger partial charge in [-0.25, -0.2) is 0 Å². The molecule has 1 aliphatic carbocycles. The first kappa shape index (κ1) is 29.4. The number of ether oxygens (including phenoxy) is 1. The van der Waals surface area contributed by atoms with Gasteiger partial charge in [-0.15, -0.1) is 0 Å². The van der Waals surface area contributed by atoms with Crippen molar-refractivity contribution in [1.29, 1.82) is 0 Å². The van der Waals surface area contributed by atoms with E-state index in [2.05, 4.69) is 0 Å². The maximum atomic E-state index is 11.9. The summed E-state index contributed by atoms with van der Waals surface area (Å²) in [5, 5.41) is -0.517. The lowest BCUT2D eigenvalue weighted by Crippen LogP contribution is -2.38. The second-order valence-corrected chi connectivity index (χ2v) is 14.1. The van der Waals surface area contributed by atoms with Gasteiger partial charge in [0.05, 0.1) is 17.8 Å². The van der Waals surface area contributed by atoms with Gasteiger partial charge in [-0.3, -0.25) is 9.11 Å². The zero-order valence-corrected chi connectivity index (χ0v) is 25.3. The molecule has 2 N–H and O–H groups in total. The second kappa shape index (κ2) is 11.1. The summed E-state index contributed by atoms with van der Waals surface area (Å²) in [5.74, 6) is 0.683. The summed E-state index contributed by atoms with van der Waals surface area (Å²) >= 11 is 6.24. The van der Waals surface area contributed by atoms with Crippen molar-refractivity contribution in [2.45, 2.75) is 37.6 Å². The molecule has 43 heavy (non-hydrogen) atoms. The third kappa shape index (κ3) is 6.20. The number of halogens is 1. The SMILES string of the molecule is CCC(=Cc1oc2ccc(-c3ccccc3)cc2[n+]1CCS(=O)(=O)O)C=C1Oc2ccc(Cl)cc2N1C1CC1S(=O)(=O)O. The van der Waals surface area contributed by atoms with Crippen molar-refractivity contribution in [3.63, 3.8) is 0 Å². The summed E-state index contributed by atoms with van der Waals surface area (Å²) in [5.41, 5.74) is 4.38. The summed E-state index contributed by atoms with van der Waals surface area (Å²) in [4.78, 5) is 1.72. The Hall–Kier alpha value is -3.68. The van der Waals surface area contributed by atoms with Crippen LogP contribution < -0.4 is 14.2 Å². The van der Waals surface area contributed by atoms with E-state index in [-0.39, 0.29) is 13.0 Å². The zero-order valence-electron chi connectivity index (χ0n) is 22.9. The van der Waals surface area contributed by atoms with Crippen molar-refractivity contribution in [2.24, 2.45) is 0 Å². The Morgan fingerprint density at radius 3 is 2.49 bits per heavy atom. The van der Waals surface area contributed by atoms with Crippen molar-refractivity contribution in [1.82, 2.24) is 0 Å². The number of aromatic nitrogens is 1. The number of rotatable bonds is 9. The average Bonchev–Trinajstić information content (AvgIpc) is 3.58. The number of aryl methyl sites for hydroxylation is 1. The van der Waals surface area contributed by atoms with E-state index in [4.69, 9.17) is 20.8 Å². The van der Waals surface area contributed by atoms with Gasteiger partial charge in [0.1, 0.15) is 11.0 Å². The lowest BCUT2D eigenvalue weighted by molar-refractivity contribution is -0.673. The minimum atomic E-state index is -4.26. The molecule has 4 aromatic rings. The molecule has 6 rings (SSSR count). The molecule has 0 bridgehead atoms. The molecular weight excluding hydrogens is 616 g/mol. The van der Waals surface area contributed by atoms with Crippen LogP contribution in [-0.4, -0.2) is 43.0 Å². The Bertz CT molecular complexity index is 2000. The average molecular weight is 644 g/mol. The van der Waals surface area contributed by atoms with Gasteiger partial charge in [0.25, 0.3) is 25.8 Å². The summed E-state index contributed by atoms with van der Waals surface area (Å²) in [6.07, 6.45) is 4.24. The molecule has 1 saturated carbocycles. The molecule has 0 spiro atoms. The quantitative estimate of drug-likeness (QED) is 0.179. The van der Waals surface area contributed by atoms with E-state index in [9.17, 15) is 25.9 Å². The Kier molecular flexibility index (Phi) is 7.59. The van der Waals surface area contributed by atoms with Gasteiger partial charge in [-0.1, -0.05) is 54.9 Å². The fraction of sp³-hybridized carbons (Fsp3) is 0.233. The Balaban J connectivity index is 1.43. The van der Waals surface area contributed by atoms with Crippen LogP contribution in [0.5, 0.6) is 5.75 Å². The van der Waals surface area contributed by atoms with E-state index in [1.807, 2.05) is 55.5 Å². The van der Waals surface area contributed by atoms with Crippen molar-refractivity contribution < 1.29 is 39.7 Å². The van der Waals surface area contributed by atoms with E-state index in [1.165, 1.54) is 0 Å². The standard InChI is InChI=1S/C30H27ClN2O8S2/c1-2-19(15-30-33(25-18-28(25)43(37,38)39)24-17-22(31)9-11-27(24)41-30)14-29-32(12-13-42(34,35)36)23-16-21(8-10-26(23)40-29)20-6-4-3-5-7-20/h3-11,14-17,25,28H,2,12-13,18H2,1H3,(H-,34,35,36,37,38,39)/p+1. The van der Waals surface area contributed by atoms with Crippen LogP contribution in [0.15, 0.2) is 88.7 Å². The van der Waals surface area contributed by atoms with Crippen molar-refractivity contribution in [3.8, 4) is 16.9 Å². The minimum Gasteiger partial charge on any atom is -0.439 e. The molecule has 0 radical (unpaired) electrons. The first-order valence-electron chi connectivity index (χ1n) is 13.5. The van der Waals surface area contributed by atoms with Crippen LogP contribution in [-0.2, 0) is 26.8 Å². The molecule has 2 unspecified atom stereocenters. The fourth-order valence-electron chi connectivity index (χ4n) is 5.26. The zero-order chi connectivity index (χ0) is 30.5. The molecule has 0 amide bonds. The molecule has 2 heterocycles.